The van der Waals surface area contributed by atoms with Crippen molar-refractivity contribution in [2.75, 3.05) is 13.6 Å². The topological polar surface area (TPSA) is 64.3 Å². The highest BCUT2D eigenvalue weighted by Crippen LogP contribution is 2.18. The first kappa shape index (κ1) is 12.1. The fourth-order valence-corrected chi connectivity index (χ4v) is 1.28. The molecular weight excluding hydrogens is 204 g/mol. The second-order valence-electron chi connectivity index (χ2n) is 3.64. The van der Waals surface area contributed by atoms with Crippen LogP contribution in [0.5, 0.6) is 5.75 Å². The first-order valence-corrected chi connectivity index (χ1v) is 4.98. The number of aromatic hydroxyl groups is 1. The van der Waals surface area contributed by atoms with Gasteiger partial charge < -0.3 is 10.0 Å². The molecule has 0 saturated heterocycles. The second-order valence-corrected chi connectivity index (χ2v) is 3.64. The predicted octanol–water partition coefficient (Wildman–Crippen LogP) is 1.69. The number of carbonyl (C=O) groups is 1. The predicted molar refractivity (Wildman–Crippen MR) is 60.0 cm³/mol. The molecule has 0 saturated carbocycles. The molecule has 0 aromatic heterocycles. The largest absolute Gasteiger partial charge is 0.508 e. The van der Waals surface area contributed by atoms with Gasteiger partial charge in [-0.2, -0.15) is 5.26 Å². The van der Waals surface area contributed by atoms with E-state index in [0.717, 1.165) is 5.56 Å². The summed E-state index contributed by atoms with van der Waals surface area (Å²) in [6, 6.07) is 6.79. The van der Waals surface area contributed by atoms with Crippen LogP contribution in [-0.4, -0.2) is 29.5 Å². The molecule has 1 rings (SSSR count). The van der Waals surface area contributed by atoms with Crippen molar-refractivity contribution in [1.82, 2.24) is 4.90 Å². The van der Waals surface area contributed by atoms with Crippen LogP contribution in [0.25, 0.3) is 0 Å². The zero-order valence-corrected chi connectivity index (χ0v) is 9.40. The van der Waals surface area contributed by atoms with Gasteiger partial charge in [-0.05, 0) is 24.6 Å². The maximum absolute atomic E-state index is 11.8. The van der Waals surface area contributed by atoms with E-state index in [0.29, 0.717) is 18.5 Å². The summed E-state index contributed by atoms with van der Waals surface area (Å²) in [6.45, 7) is 2.16. The standard InChI is InChI=1S/C12H14N2O2/c1-9-4-5-10(8-11(9)15)12(16)14(2)7-3-6-13/h4-5,8,15H,3,7H2,1-2H3. The van der Waals surface area contributed by atoms with Gasteiger partial charge in [0.25, 0.3) is 5.91 Å². The molecule has 1 amide bonds. The Morgan fingerprint density at radius 2 is 2.25 bits per heavy atom. The van der Waals surface area contributed by atoms with E-state index >= 15 is 0 Å². The lowest BCUT2D eigenvalue weighted by Gasteiger charge is -2.15. The number of nitriles is 1. The summed E-state index contributed by atoms with van der Waals surface area (Å²) in [4.78, 5) is 13.3. The molecule has 0 aliphatic heterocycles. The fraction of sp³-hybridized carbons (Fsp3) is 0.333. The molecule has 0 spiro atoms. The third-order valence-corrected chi connectivity index (χ3v) is 2.36. The summed E-state index contributed by atoms with van der Waals surface area (Å²) in [6.07, 6.45) is 0.306. The van der Waals surface area contributed by atoms with Crippen LogP contribution in [0.15, 0.2) is 18.2 Å². The minimum absolute atomic E-state index is 0.111. The molecule has 0 atom stereocenters. The van der Waals surface area contributed by atoms with Gasteiger partial charge in [0.1, 0.15) is 5.75 Å². The molecule has 4 nitrogen and oxygen atoms in total. The number of amides is 1. The lowest BCUT2D eigenvalue weighted by Crippen LogP contribution is -2.27. The summed E-state index contributed by atoms with van der Waals surface area (Å²) in [5, 5.41) is 17.9. The molecule has 16 heavy (non-hydrogen) atoms. The van der Waals surface area contributed by atoms with Crippen molar-refractivity contribution in [2.24, 2.45) is 0 Å². The van der Waals surface area contributed by atoms with E-state index in [1.807, 2.05) is 6.07 Å². The summed E-state index contributed by atoms with van der Waals surface area (Å²) >= 11 is 0. The van der Waals surface area contributed by atoms with Gasteiger partial charge in [0.2, 0.25) is 0 Å². The summed E-state index contributed by atoms with van der Waals surface area (Å²) in [5.74, 6) is -0.0786. The molecule has 0 unspecified atom stereocenters. The highest BCUT2D eigenvalue weighted by molar-refractivity contribution is 5.94. The molecule has 0 aliphatic carbocycles. The molecule has 1 aromatic rings. The molecule has 0 radical (unpaired) electrons. The number of aryl methyl sites for hydroxylation is 1. The van der Waals surface area contributed by atoms with Crippen molar-refractivity contribution in [2.45, 2.75) is 13.3 Å². The van der Waals surface area contributed by atoms with Gasteiger partial charge in [0.15, 0.2) is 0 Å². The van der Waals surface area contributed by atoms with E-state index in [1.54, 1.807) is 26.1 Å². The number of nitrogens with zero attached hydrogens (tertiary/aromatic N) is 2. The number of phenols is 1. The molecule has 1 aromatic carbocycles. The van der Waals surface area contributed by atoms with E-state index in [9.17, 15) is 9.90 Å². The molecule has 84 valence electrons. The Hall–Kier alpha value is -2.02. The Balaban J connectivity index is 2.80. The first-order chi connectivity index (χ1) is 7.56. The number of hydrogen-bond acceptors (Lipinski definition) is 3. The number of phenolic OH excluding ortho intramolecular Hbond substituents is 1. The highest BCUT2D eigenvalue weighted by Gasteiger charge is 2.12. The number of carbonyl (C=O) groups excluding carboxylic acids is 1. The average Bonchev–Trinajstić information content (AvgIpc) is 2.28. The van der Waals surface area contributed by atoms with Crippen LogP contribution in [0, 0.1) is 18.3 Å². The van der Waals surface area contributed by atoms with Gasteiger partial charge in [-0.15, -0.1) is 0 Å². The van der Waals surface area contributed by atoms with Gasteiger partial charge in [-0.25, -0.2) is 0 Å². The maximum atomic E-state index is 11.8. The minimum Gasteiger partial charge on any atom is -0.508 e. The van der Waals surface area contributed by atoms with E-state index in [-0.39, 0.29) is 11.7 Å². The van der Waals surface area contributed by atoms with Gasteiger partial charge in [-0.1, -0.05) is 6.07 Å². The smallest absolute Gasteiger partial charge is 0.253 e. The van der Waals surface area contributed by atoms with Crippen molar-refractivity contribution in [1.29, 1.82) is 5.26 Å². The lowest BCUT2D eigenvalue weighted by atomic mass is 10.1. The molecule has 0 bridgehead atoms. The maximum Gasteiger partial charge on any atom is 0.253 e. The highest BCUT2D eigenvalue weighted by atomic mass is 16.3. The number of benzene rings is 1. The van der Waals surface area contributed by atoms with Crippen LogP contribution >= 0.6 is 0 Å². The molecule has 1 N–H and O–H groups in total. The SMILES string of the molecule is Cc1ccc(C(=O)N(C)CCC#N)cc1O. The van der Waals surface area contributed by atoms with Crippen LogP contribution < -0.4 is 0 Å². The van der Waals surface area contributed by atoms with Crippen LogP contribution in [-0.2, 0) is 0 Å². The zero-order valence-electron chi connectivity index (χ0n) is 9.40. The van der Waals surface area contributed by atoms with Crippen molar-refractivity contribution < 1.29 is 9.90 Å². The monoisotopic (exact) mass is 218 g/mol. The Morgan fingerprint density at radius 1 is 1.56 bits per heavy atom. The molecule has 4 heteroatoms. The lowest BCUT2D eigenvalue weighted by molar-refractivity contribution is 0.0797. The first-order valence-electron chi connectivity index (χ1n) is 4.98. The second kappa shape index (κ2) is 5.17. The average molecular weight is 218 g/mol. The Bertz CT molecular complexity index is 435. The van der Waals surface area contributed by atoms with E-state index in [2.05, 4.69) is 0 Å². The summed E-state index contributed by atoms with van der Waals surface area (Å²) in [7, 11) is 1.64. The third kappa shape index (κ3) is 2.74. The zero-order chi connectivity index (χ0) is 12.1. The van der Waals surface area contributed by atoms with E-state index in [1.165, 1.54) is 11.0 Å². The Labute approximate surface area is 94.7 Å². The molecule has 0 fully saturated rings. The van der Waals surface area contributed by atoms with Gasteiger partial charge in [-0.3, -0.25) is 4.79 Å². The Kier molecular flexibility index (Phi) is 3.90. The van der Waals surface area contributed by atoms with Gasteiger partial charge in [0, 0.05) is 19.2 Å². The summed E-state index contributed by atoms with van der Waals surface area (Å²) < 4.78 is 0. The number of hydrogen-bond donors (Lipinski definition) is 1. The van der Waals surface area contributed by atoms with E-state index < -0.39 is 0 Å². The van der Waals surface area contributed by atoms with Crippen LogP contribution in [0.3, 0.4) is 0 Å². The van der Waals surface area contributed by atoms with Gasteiger partial charge >= 0.3 is 0 Å². The van der Waals surface area contributed by atoms with Crippen LogP contribution in [0.4, 0.5) is 0 Å². The molecular formula is C12H14N2O2. The minimum atomic E-state index is -0.189. The number of rotatable bonds is 3. The van der Waals surface area contributed by atoms with Crippen molar-refractivity contribution >= 4 is 5.91 Å². The molecule has 0 heterocycles. The van der Waals surface area contributed by atoms with Gasteiger partial charge in [0.05, 0.1) is 12.5 Å². The van der Waals surface area contributed by atoms with Crippen LogP contribution in [0.2, 0.25) is 0 Å². The van der Waals surface area contributed by atoms with Crippen LogP contribution in [0.1, 0.15) is 22.3 Å². The van der Waals surface area contributed by atoms with E-state index in [4.69, 9.17) is 5.26 Å². The van der Waals surface area contributed by atoms with Crippen molar-refractivity contribution in [3.05, 3.63) is 29.3 Å². The Morgan fingerprint density at radius 3 is 2.81 bits per heavy atom. The third-order valence-electron chi connectivity index (χ3n) is 2.36. The normalized spacial score (nSPS) is 9.56. The fourth-order valence-electron chi connectivity index (χ4n) is 1.28. The van der Waals surface area contributed by atoms with Crippen molar-refractivity contribution in [3.8, 4) is 11.8 Å². The molecule has 0 aliphatic rings. The van der Waals surface area contributed by atoms with Crippen molar-refractivity contribution in [3.63, 3.8) is 0 Å². The quantitative estimate of drug-likeness (QED) is 0.839. The summed E-state index contributed by atoms with van der Waals surface area (Å²) in [5.41, 5.74) is 1.17.